The number of hydrogen-bond donors (Lipinski definition) is 0. The van der Waals surface area contributed by atoms with E-state index in [0.29, 0.717) is 17.8 Å². The van der Waals surface area contributed by atoms with Gasteiger partial charge in [0.25, 0.3) is 0 Å². The molecule has 0 unspecified atom stereocenters. The predicted octanol–water partition coefficient (Wildman–Crippen LogP) is 3.15. The Balaban J connectivity index is 2.00. The fourth-order valence-corrected chi connectivity index (χ4v) is 2.32. The molecule has 0 aliphatic carbocycles. The lowest BCUT2D eigenvalue weighted by atomic mass is 10.1. The summed E-state index contributed by atoms with van der Waals surface area (Å²) in [6, 6.07) is 3.67. The molecule has 4 nitrogen and oxygen atoms in total. The summed E-state index contributed by atoms with van der Waals surface area (Å²) < 4.78 is 17.7. The molecule has 0 fully saturated rings. The van der Waals surface area contributed by atoms with Crippen molar-refractivity contribution < 1.29 is 4.39 Å². The van der Waals surface area contributed by atoms with Crippen LogP contribution in [-0.2, 0) is 6.54 Å². The standard InChI is InChI=1S/C15H17FN4/c1-10(2)13-4-5-14-18-12(9-20(14)15(13)16)8-19-7-11(3)6-17-19/h4-7,9-10H,8H2,1-3H3. The first-order valence-electron chi connectivity index (χ1n) is 6.70. The van der Waals surface area contributed by atoms with Gasteiger partial charge >= 0.3 is 0 Å². The molecule has 0 bridgehead atoms. The highest BCUT2D eigenvalue weighted by Gasteiger charge is 2.12. The largest absolute Gasteiger partial charge is 0.276 e. The number of fused-ring (bicyclic) bond motifs is 1. The van der Waals surface area contributed by atoms with Crippen LogP contribution in [0.4, 0.5) is 4.39 Å². The quantitative estimate of drug-likeness (QED) is 0.686. The molecule has 0 spiro atoms. The maximum Gasteiger partial charge on any atom is 0.202 e. The summed E-state index contributed by atoms with van der Waals surface area (Å²) in [5, 5.41) is 4.22. The second-order valence-corrected chi connectivity index (χ2v) is 5.41. The van der Waals surface area contributed by atoms with E-state index < -0.39 is 0 Å². The minimum Gasteiger partial charge on any atom is -0.276 e. The first-order chi connectivity index (χ1) is 9.54. The smallest absolute Gasteiger partial charge is 0.202 e. The number of halogens is 1. The lowest BCUT2D eigenvalue weighted by Gasteiger charge is -2.07. The van der Waals surface area contributed by atoms with Gasteiger partial charge in [0.05, 0.1) is 18.4 Å². The average Bonchev–Trinajstić information content (AvgIpc) is 2.96. The third kappa shape index (κ3) is 2.19. The topological polar surface area (TPSA) is 35.1 Å². The van der Waals surface area contributed by atoms with E-state index in [2.05, 4.69) is 10.1 Å². The van der Waals surface area contributed by atoms with Crippen molar-refractivity contribution in [1.29, 1.82) is 0 Å². The van der Waals surface area contributed by atoms with E-state index in [0.717, 1.165) is 11.3 Å². The zero-order chi connectivity index (χ0) is 14.3. The lowest BCUT2D eigenvalue weighted by molar-refractivity contribution is 0.541. The van der Waals surface area contributed by atoms with Gasteiger partial charge in [0, 0.05) is 18.0 Å². The number of rotatable bonds is 3. The first-order valence-corrected chi connectivity index (χ1v) is 6.70. The Bertz CT molecular complexity index is 754. The van der Waals surface area contributed by atoms with Crippen LogP contribution >= 0.6 is 0 Å². The molecule has 5 heteroatoms. The molecule has 0 N–H and O–H groups in total. The third-order valence-electron chi connectivity index (χ3n) is 3.35. The Hall–Kier alpha value is -2.17. The van der Waals surface area contributed by atoms with E-state index in [9.17, 15) is 4.39 Å². The highest BCUT2D eigenvalue weighted by Crippen LogP contribution is 2.20. The highest BCUT2D eigenvalue weighted by molar-refractivity contribution is 5.42. The maximum atomic E-state index is 14.4. The van der Waals surface area contributed by atoms with Gasteiger partial charge in [-0.2, -0.15) is 9.49 Å². The van der Waals surface area contributed by atoms with Crippen LogP contribution in [0.15, 0.2) is 30.7 Å². The fourth-order valence-electron chi connectivity index (χ4n) is 2.32. The van der Waals surface area contributed by atoms with Gasteiger partial charge in [-0.3, -0.25) is 9.08 Å². The van der Waals surface area contributed by atoms with Gasteiger partial charge in [-0.25, -0.2) is 4.98 Å². The van der Waals surface area contributed by atoms with Crippen LogP contribution in [0.3, 0.4) is 0 Å². The molecule has 3 aromatic rings. The lowest BCUT2D eigenvalue weighted by Crippen LogP contribution is -2.00. The molecule has 20 heavy (non-hydrogen) atoms. The molecular weight excluding hydrogens is 255 g/mol. The summed E-state index contributed by atoms with van der Waals surface area (Å²) in [4.78, 5) is 4.44. The third-order valence-corrected chi connectivity index (χ3v) is 3.35. The Kier molecular flexibility index (Phi) is 3.04. The normalized spacial score (nSPS) is 11.7. The predicted molar refractivity (Wildman–Crippen MR) is 75.3 cm³/mol. The minimum absolute atomic E-state index is 0.152. The molecule has 0 saturated heterocycles. The van der Waals surface area contributed by atoms with Crippen molar-refractivity contribution in [3.05, 3.63) is 53.5 Å². The van der Waals surface area contributed by atoms with Crippen LogP contribution in [-0.4, -0.2) is 19.2 Å². The average molecular weight is 272 g/mol. The van der Waals surface area contributed by atoms with E-state index in [4.69, 9.17) is 0 Å². The molecule has 0 aromatic carbocycles. The zero-order valence-corrected chi connectivity index (χ0v) is 11.8. The number of aromatic nitrogens is 4. The maximum absolute atomic E-state index is 14.4. The van der Waals surface area contributed by atoms with Crippen LogP contribution < -0.4 is 0 Å². The summed E-state index contributed by atoms with van der Waals surface area (Å²) >= 11 is 0. The Labute approximate surface area is 116 Å². The molecule has 0 radical (unpaired) electrons. The van der Waals surface area contributed by atoms with Crippen molar-refractivity contribution in [1.82, 2.24) is 19.2 Å². The van der Waals surface area contributed by atoms with Gasteiger partial charge in [0.1, 0.15) is 5.65 Å². The van der Waals surface area contributed by atoms with E-state index in [1.54, 1.807) is 17.1 Å². The molecular formula is C15H17FN4. The van der Waals surface area contributed by atoms with Crippen molar-refractivity contribution >= 4 is 5.65 Å². The Morgan fingerprint density at radius 2 is 2.05 bits per heavy atom. The SMILES string of the molecule is Cc1cnn(Cc2cn3c(F)c(C(C)C)ccc3n2)c1. The molecule has 0 aliphatic heterocycles. The number of nitrogens with zero attached hydrogens (tertiary/aromatic N) is 4. The van der Waals surface area contributed by atoms with Gasteiger partial charge in [-0.15, -0.1) is 0 Å². The second-order valence-electron chi connectivity index (χ2n) is 5.41. The fraction of sp³-hybridized carbons (Fsp3) is 0.333. The molecule has 104 valence electrons. The highest BCUT2D eigenvalue weighted by atomic mass is 19.1. The van der Waals surface area contributed by atoms with E-state index in [1.807, 2.05) is 39.1 Å². The summed E-state index contributed by atoms with van der Waals surface area (Å²) in [5.74, 6) is -0.0769. The van der Waals surface area contributed by atoms with Crippen molar-refractivity contribution in [2.45, 2.75) is 33.2 Å². The Morgan fingerprint density at radius 1 is 1.25 bits per heavy atom. The van der Waals surface area contributed by atoms with E-state index in [-0.39, 0.29) is 11.9 Å². The summed E-state index contributed by atoms with van der Waals surface area (Å²) in [6.45, 7) is 6.50. The molecule has 0 aliphatic rings. The van der Waals surface area contributed by atoms with Gasteiger partial charge in [-0.05, 0) is 24.5 Å². The molecule has 3 heterocycles. The van der Waals surface area contributed by atoms with Crippen molar-refractivity contribution in [2.24, 2.45) is 0 Å². The van der Waals surface area contributed by atoms with E-state index in [1.165, 1.54) is 4.40 Å². The number of hydrogen-bond acceptors (Lipinski definition) is 2. The number of aryl methyl sites for hydroxylation is 1. The van der Waals surface area contributed by atoms with Crippen LogP contribution in [0.2, 0.25) is 0 Å². The monoisotopic (exact) mass is 272 g/mol. The van der Waals surface area contributed by atoms with Gasteiger partial charge < -0.3 is 0 Å². The molecule has 0 saturated carbocycles. The van der Waals surface area contributed by atoms with Crippen LogP contribution in [0.25, 0.3) is 5.65 Å². The Morgan fingerprint density at radius 3 is 2.70 bits per heavy atom. The second kappa shape index (κ2) is 4.74. The number of imidazole rings is 1. The number of pyridine rings is 1. The first kappa shape index (κ1) is 12.8. The van der Waals surface area contributed by atoms with Crippen LogP contribution in [0.1, 0.15) is 36.6 Å². The van der Waals surface area contributed by atoms with Crippen molar-refractivity contribution in [3.63, 3.8) is 0 Å². The summed E-state index contributed by atoms with van der Waals surface area (Å²) in [7, 11) is 0. The molecule has 0 amide bonds. The van der Waals surface area contributed by atoms with Gasteiger partial charge in [0.2, 0.25) is 5.95 Å². The zero-order valence-electron chi connectivity index (χ0n) is 11.8. The van der Waals surface area contributed by atoms with Crippen LogP contribution in [0.5, 0.6) is 0 Å². The van der Waals surface area contributed by atoms with Gasteiger partial charge in [0.15, 0.2) is 0 Å². The van der Waals surface area contributed by atoms with Crippen molar-refractivity contribution in [2.75, 3.05) is 0 Å². The van der Waals surface area contributed by atoms with Crippen molar-refractivity contribution in [3.8, 4) is 0 Å². The van der Waals surface area contributed by atoms with Gasteiger partial charge in [-0.1, -0.05) is 19.9 Å². The summed E-state index contributed by atoms with van der Waals surface area (Å²) in [5.41, 5.74) is 3.23. The molecule has 3 aromatic heterocycles. The minimum atomic E-state index is -0.229. The van der Waals surface area contributed by atoms with E-state index >= 15 is 0 Å². The van der Waals surface area contributed by atoms with Crippen LogP contribution in [0, 0.1) is 12.9 Å². The molecule has 3 rings (SSSR count). The summed E-state index contributed by atoms with van der Waals surface area (Å²) in [6.07, 6.45) is 5.49. The molecule has 0 atom stereocenters.